The lowest BCUT2D eigenvalue weighted by Crippen LogP contribution is -2.52. The molecule has 1 unspecified atom stereocenters. The highest BCUT2D eigenvalue weighted by molar-refractivity contribution is 6.33. The number of hydrogen-bond acceptors (Lipinski definition) is 8. The normalized spacial score (nSPS) is 23.0. The number of anilines is 2. The van der Waals surface area contributed by atoms with Crippen LogP contribution in [0.4, 0.5) is 17.1 Å². The molecular formula is C44H47ClN8O5. The number of fused-ring (bicyclic) bond motifs is 2. The Balaban J connectivity index is 0.732. The Morgan fingerprint density at radius 1 is 0.845 bits per heavy atom. The first-order valence-corrected chi connectivity index (χ1v) is 20.7. The molecule has 0 bridgehead atoms. The molecule has 6 aliphatic heterocycles. The summed E-state index contributed by atoms with van der Waals surface area (Å²) in [5, 5.41) is 2.85. The molecule has 1 spiro atoms. The van der Waals surface area contributed by atoms with E-state index in [4.69, 9.17) is 18.2 Å². The van der Waals surface area contributed by atoms with Crippen LogP contribution in [0.2, 0.25) is 5.02 Å². The van der Waals surface area contributed by atoms with Crippen molar-refractivity contribution in [2.45, 2.75) is 70.7 Å². The molecule has 5 amide bonds. The standard InChI is InChI=1S/C44H47ClN8O5/c1-28-22-44(27-53(28)34-7-8-37(46-2)36(45)21-34)11-13-49(14-12-44)33-5-3-29(4-6-33)42(57)51-17-15-50(16-18-51)40(55)26-48-23-30-19-32-25-52(38-9-10-39(54)47-41(38)56)43(58)35(32)20-31(30)24-48/h3-8,19-21,28,38H,9-18,22-27H2,1H3,(H,47,54,56)/t28-,38?/m0/s1. The smallest absolute Gasteiger partial charge is 0.255 e. The van der Waals surface area contributed by atoms with Crippen molar-refractivity contribution in [2.75, 3.05) is 62.2 Å². The van der Waals surface area contributed by atoms with Gasteiger partial charge in [0.15, 0.2) is 0 Å². The Hall–Kier alpha value is -5.45. The number of hydrogen-bond donors (Lipinski definition) is 1. The van der Waals surface area contributed by atoms with E-state index in [9.17, 15) is 24.0 Å². The zero-order chi connectivity index (χ0) is 40.3. The van der Waals surface area contributed by atoms with Crippen molar-refractivity contribution in [2.24, 2.45) is 5.41 Å². The third-order valence-corrected chi connectivity index (χ3v) is 13.7. The maximum atomic E-state index is 13.5. The Bertz CT molecular complexity index is 2240. The summed E-state index contributed by atoms with van der Waals surface area (Å²) >= 11 is 6.38. The molecule has 2 atom stereocenters. The van der Waals surface area contributed by atoms with Crippen LogP contribution in [-0.4, -0.2) is 114 Å². The number of rotatable bonds is 6. The van der Waals surface area contributed by atoms with E-state index in [2.05, 4.69) is 43.9 Å². The molecule has 58 heavy (non-hydrogen) atoms. The van der Waals surface area contributed by atoms with E-state index >= 15 is 0 Å². The highest BCUT2D eigenvalue weighted by Crippen LogP contribution is 2.46. The summed E-state index contributed by atoms with van der Waals surface area (Å²) in [6.07, 6.45) is 3.86. The van der Waals surface area contributed by atoms with Crippen molar-refractivity contribution in [1.29, 1.82) is 0 Å². The predicted octanol–water partition coefficient (Wildman–Crippen LogP) is 4.84. The molecule has 13 nitrogen and oxygen atoms in total. The van der Waals surface area contributed by atoms with Crippen LogP contribution < -0.4 is 15.1 Å². The Morgan fingerprint density at radius 2 is 1.53 bits per heavy atom. The molecular weight excluding hydrogens is 756 g/mol. The predicted molar refractivity (Wildman–Crippen MR) is 219 cm³/mol. The lowest BCUT2D eigenvalue weighted by atomic mass is 9.76. The SMILES string of the molecule is [C-]#[N+]c1ccc(N2CC3(CCN(c4ccc(C(=O)N5CCN(C(=O)CN6Cc7cc8c(cc7C6)C(=O)N(C6CCC(=O)NC6=O)C8)CC5)cc4)CC3)C[C@@H]2C)cc1Cl. The molecule has 6 aliphatic rings. The lowest BCUT2D eigenvalue weighted by molar-refractivity contribution is -0.137. The monoisotopic (exact) mass is 802 g/mol. The zero-order valence-corrected chi connectivity index (χ0v) is 33.5. The average molecular weight is 803 g/mol. The number of nitrogens with one attached hydrogen (secondary N) is 1. The van der Waals surface area contributed by atoms with Gasteiger partial charge in [-0.05, 0) is 97.2 Å². The summed E-state index contributed by atoms with van der Waals surface area (Å²) in [4.78, 5) is 80.0. The van der Waals surface area contributed by atoms with Gasteiger partial charge >= 0.3 is 0 Å². The fourth-order valence-electron chi connectivity index (χ4n) is 10.1. The number of piperazine rings is 1. The molecule has 0 radical (unpaired) electrons. The first-order valence-electron chi connectivity index (χ1n) is 20.3. The minimum absolute atomic E-state index is 0.0189. The van der Waals surface area contributed by atoms with Gasteiger partial charge in [0.1, 0.15) is 6.04 Å². The molecule has 0 aliphatic carbocycles. The number of piperidine rings is 2. The number of halogens is 1. The van der Waals surface area contributed by atoms with E-state index in [1.807, 2.05) is 52.3 Å². The van der Waals surface area contributed by atoms with Gasteiger partial charge < -0.3 is 24.5 Å². The number of amides is 5. The van der Waals surface area contributed by atoms with Crippen molar-refractivity contribution in [3.05, 3.63) is 98.9 Å². The summed E-state index contributed by atoms with van der Waals surface area (Å²) in [6.45, 7) is 16.1. The average Bonchev–Trinajstić information content (AvgIpc) is 3.88. The summed E-state index contributed by atoms with van der Waals surface area (Å²) in [7, 11) is 0. The molecule has 6 heterocycles. The Morgan fingerprint density at radius 3 is 2.22 bits per heavy atom. The number of carbonyl (C=O) groups excluding carboxylic acids is 5. The quantitative estimate of drug-likeness (QED) is 0.278. The molecule has 3 aromatic carbocycles. The van der Waals surface area contributed by atoms with Crippen molar-refractivity contribution in [3.8, 4) is 0 Å². The first-order chi connectivity index (χ1) is 28.0. The van der Waals surface area contributed by atoms with Crippen LogP contribution in [0.5, 0.6) is 0 Å². The van der Waals surface area contributed by atoms with Crippen LogP contribution in [0.1, 0.15) is 76.4 Å². The second-order valence-corrected chi connectivity index (χ2v) is 17.4. The molecule has 0 saturated carbocycles. The highest BCUT2D eigenvalue weighted by atomic mass is 35.5. The summed E-state index contributed by atoms with van der Waals surface area (Å²) in [5.74, 6) is -0.908. The van der Waals surface area contributed by atoms with E-state index in [1.54, 1.807) is 4.90 Å². The summed E-state index contributed by atoms with van der Waals surface area (Å²) in [5.41, 5.74) is 7.15. The van der Waals surface area contributed by atoms with Gasteiger partial charge in [-0.2, -0.15) is 0 Å². The summed E-state index contributed by atoms with van der Waals surface area (Å²) in [6, 6.07) is 17.4. The van der Waals surface area contributed by atoms with Crippen LogP contribution in [0, 0.1) is 12.0 Å². The first kappa shape index (κ1) is 38.1. The largest absolute Gasteiger partial charge is 0.371 e. The van der Waals surface area contributed by atoms with Gasteiger partial charge in [-0.1, -0.05) is 23.7 Å². The number of benzene rings is 3. The van der Waals surface area contributed by atoms with Crippen molar-refractivity contribution >= 4 is 58.2 Å². The second kappa shape index (κ2) is 15.1. The maximum absolute atomic E-state index is 13.5. The fourth-order valence-corrected chi connectivity index (χ4v) is 10.4. The van der Waals surface area contributed by atoms with Gasteiger partial charge in [-0.25, -0.2) is 4.85 Å². The minimum Gasteiger partial charge on any atom is -0.371 e. The third-order valence-electron chi connectivity index (χ3n) is 13.4. The molecule has 9 rings (SSSR count). The topological polar surface area (TPSA) is 121 Å². The van der Waals surface area contributed by atoms with Gasteiger partial charge in [-0.15, -0.1) is 0 Å². The molecule has 4 saturated heterocycles. The second-order valence-electron chi connectivity index (χ2n) is 17.0. The zero-order valence-electron chi connectivity index (χ0n) is 32.7. The van der Waals surface area contributed by atoms with Gasteiger partial charge in [0.2, 0.25) is 23.4 Å². The van der Waals surface area contributed by atoms with Crippen LogP contribution in [-0.2, 0) is 34.0 Å². The van der Waals surface area contributed by atoms with Gasteiger partial charge in [-0.3, -0.25) is 34.2 Å². The van der Waals surface area contributed by atoms with Gasteiger partial charge in [0.05, 0.1) is 13.1 Å². The van der Waals surface area contributed by atoms with Crippen molar-refractivity contribution in [3.63, 3.8) is 0 Å². The number of carbonyl (C=O) groups is 5. The van der Waals surface area contributed by atoms with Crippen LogP contribution in [0.15, 0.2) is 54.6 Å². The molecule has 1 N–H and O–H groups in total. The van der Waals surface area contributed by atoms with Crippen molar-refractivity contribution < 1.29 is 24.0 Å². The van der Waals surface area contributed by atoms with Crippen molar-refractivity contribution in [1.82, 2.24) is 24.9 Å². The van der Waals surface area contributed by atoms with Gasteiger partial charge in [0.25, 0.3) is 11.8 Å². The van der Waals surface area contributed by atoms with Crippen LogP contribution >= 0.6 is 11.6 Å². The summed E-state index contributed by atoms with van der Waals surface area (Å²) < 4.78 is 0. The van der Waals surface area contributed by atoms with Crippen LogP contribution in [0.3, 0.4) is 0 Å². The molecule has 3 aromatic rings. The van der Waals surface area contributed by atoms with Crippen LogP contribution in [0.25, 0.3) is 4.85 Å². The lowest BCUT2D eigenvalue weighted by Gasteiger charge is -2.40. The highest BCUT2D eigenvalue weighted by Gasteiger charge is 2.44. The van der Waals surface area contributed by atoms with E-state index in [-0.39, 0.29) is 42.0 Å². The van der Waals surface area contributed by atoms with E-state index in [0.717, 1.165) is 67.0 Å². The maximum Gasteiger partial charge on any atom is 0.255 e. The van der Waals surface area contributed by atoms with E-state index in [0.29, 0.717) is 80.1 Å². The van der Waals surface area contributed by atoms with E-state index in [1.165, 1.54) is 0 Å². The van der Waals surface area contributed by atoms with Gasteiger partial charge in [0, 0.05) is 105 Å². The fraction of sp³-hybridized carbons (Fsp3) is 0.455. The molecule has 0 aromatic heterocycles. The number of imide groups is 1. The van der Waals surface area contributed by atoms with E-state index < -0.39 is 11.9 Å². The Labute approximate surface area is 343 Å². The molecule has 300 valence electrons. The minimum atomic E-state index is -0.643. The Kier molecular flexibility index (Phi) is 9.88. The third kappa shape index (κ3) is 7.06. The molecule has 14 heteroatoms. The number of nitrogens with zero attached hydrogens (tertiary/aromatic N) is 7. The molecule has 4 fully saturated rings.